The molecule has 11 nitrogen and oxygen atoms in total. The highest BCUT2D eigenvalue weighted by atomic mass is 16.5. The first-order valence-electron chi connectivity index (χ1n) is 11.3. The first-order chi connectivity index (χ1) is 17.1. The highest BCUT2D eigenvalue weighted by Crippen LogP contribution is 2.43. The number of anilines is 1. The number of benzene rings is 1. The van der Waals surface area contributed by atoms with Crippen molar-refractivity contribution in [2.24, 2.45) is 13.0 Å². The van der Waals surface area contributed by atoms with Crippen molar-refractivity contribution >= 4 is 27.8 Å². The Morgan fingerprint density at radius 2 is 1.81 bits per heavy atom. The van der Waals surface area contributed by atoms with Gasteiger partial charge in [0.1, 0.15) is 16.9 Å². The van der Waals surface area contributed by atoms with Crippen molar-refractivity contribution in [1.29, 1.82) is 0 Å². The van der Waals surface area contributed by atoms with Gasteiger partial charge in [0.25, 0.3) is 5.56 Å². The van der Waals surface area contributed by atoms with Gasteiger partial charge in [-0.05, 0) is 24.8 Å². The van der Waals surface area contributed by atoms with Gasteiger partial charge in [-0.25, -0.2) is 15.0 Å². The molecule has 5 aromatic rings. The molecule has 0 unspecified atom stereocenters. The second-order valence-corrected chi connectivity index (χ2v) is 8.65. The van der Waals surface area contributed by atoms with Crippen LogP contribution in [-0.2, 0) is 7.05 Å². The fourth-order valence-corrected chi connectivity index (χ4v) is 4.45. The van der Waals surface area contributed by atoms with Gasteiger partial charge >= 0.3 is 0 Å². The molecule has 6 rings (SSSR count). The molecule has 1 atom stereocenters. The smallest absolute Gasteiger partial charge is 0.261 e. The second-order valence-electron chi connectivity index (χ2n) is 8.65. The molecule has 0 bridgehead atoms. The Kier molecular flexibility index (Phi) is 5.83. The van der Waals surface area contributed by atoms with E-state index in [1.807, 2.05) is 7.05 Å². The first-order valence-corrected chi connectivity index (χ1v) is 11.3. The third-order valence-corrected chi connectivity index (χ3v) is 6.27. The van der Waals surface area contributed by atoms with Crippen molar-refractivity contribution in [2.45, 2.75) is 26.3 Å². The fourth-order valence-electron chi connectivity index (χ4n) is 4.45. The molecule has 1 aliphatic rings. The third kappa shape index (κ3) is 3.92. The van der Waals surface area contributed by atoms with Gasteiger partial charge in [-0.15, -0.1) is 0 Å². The lowest BCUT2D eigenvalue weighted by molar-refractivity contribution is 0.356. The summed E-state index contributed by atoms with van der Waals surface area (Å²) in [6.07, 6.45) is 7.36. The summed E-state index contributed by atoms with van der Waals surface area (Å²) in [6, 6.07) is 5.21. The van der Waals surface area contributed by atoms with Crippen LogP contribution >= 0.6 is 0 Å². The number of rotatable bonds is 7. The van der Waals surface area contributed by atoms with Crippen LogP contribution in [0.2, 0.25) is 0 Å². The summed E-state index contributed by atoms with van der Waals surface area (Å²) in [4.78, 5) is 33.3. The molecular formula is C25H28N8O3. The number of aromatic amines is 2. The molecule has 3 N–H and O–H groups in total. The number of nitrogens with one attached hydrogen (secondary N) is 3. The van der Waals surface area contributed by atoms with Crippen molar-refractivity contribution in [1.82, 2.24) is 34.7 Å². The molecule has 1 aromatic carbocycles. The van der Waals surface area contributed by atoms with Crippen molar-refractivity contribution in [2.75, 3.05) is 19.5 Å². The zero-order valence-electron chi connectivity index (χ0n) is 19.5. The van der Waals surface area contributed by atoms with Crippen LogP contribution in [0.3, 0.4) is 0 Å². The maximum Gasteiger partial charge on any atom is 0.261 e. The van der Waals surface area contributed by atoms with E-state index in [1.165, 1.54) is 0 Å². The summed E-state index contributed by atoms with van der Waals surface area (Å²) in [7, 11) is 4.97. The number of ether oxygens (including phenoxy) is 2. The fraction of sp³-hybridized carbons (Fsp3) is 0.320. The second kappa shape index (κ2) is 8.99. The van der Waals surface area contributed by atoms with E-state index in [-0.39, 0.29) is 19.0 Å². The average molecular weight is 489 g/mol. The number of pyridine rings is 1. The molecule has 0 radical (unpaired) electrons. The number of fused-ring (bicyclic) bond motifs is 2. The number of hydrogen-bond donors (Lipinski definition) is 3. The Hall–Kier alpha value is -4.41. The van der Waals surface area contributed by atoms with Gasteiger partial charge in [0, 0.05) is 37.8 Å². The van der Waals surface area contributed by atoms with Gasteiger partial charge in [0.2, 0.25) is 0 Å². The number of aromatic nitrogens is 7. The van der Waals surface area contributed by atoms with Crippen LogP contribution in [-0.4, -0.2) is 48.9 Å². The monoisotopic (exact) mass is 488 g/mol. The van der Waals surface area contributed by atoms with E-state index >= 15 is 0 Å². The predicted molar refractivity (Wildman–Crippen MR) is 137 cm³/mol. The van der Waals surface area contributed by atoms with E-state index in [1.54, 1.807) is 55.7 Å². The number of nitrogens with zero attached hydrogens (tertiary/aromatic N) is 5. The zero-order valence-corrected chi connectivity index (χ0v) is 19.5. The van der Waals surface area contributed by atoms with Crippen molar-refractivity contribution < 1.29 is 9.47 Å². The largest absolute Gasteiger partial charge is 0.493 e. The van der Waals surface area contributed by atoms with E-state index in [4.69, 9.17) is 14.5 Å². The van der Waals surface area contributed by atoms with Gasteiger partial charge in [-0.1, -0.05) is 7.43 Å². The minimum absolute atomic E-state index is 0. The quantitative estimate of drug-likeness (QED) is 0.315. The molecule has 186 valence electrons. The van der Waals surface area contributed by atoms with E-state index in [9.17, 15) is 4.79 Å². The van der Waals surface area contributed by atoms with Crippen LogP contribution in [0, 0.1) is 5.92 Å². The number of imidazole rings is 1. The van der Waals surface area contributed by atoms with Crippen LogP contribution in [0.5, 0.6) is 11.5 Å². The lowest BCUT2D eigenvalue weighted by Crippen LogP contribution is -2.20. The highest BCUT2D eigenvalue weighted by molar-refractivity contribution is 5.97. The van der Waals surface area contributed by atoms with Gasteiger partial charge in [0.15, 0.2) is 17.3 Å². The van der Waals surface area contributed by atoms with E-state index in [2.05, 4.69) is 30.4 Å². The summed E-state index contributed by atoms with van der Waals surface area (Å²) in [6.45, 7) is 0. The molecule has 0 aliphatic heterocycles. The van der Waals surface area contributed by atoms with Crippen LogP contribution < -0.4 is 20.3 Å². The minimum atomic E-state index is -0.283. The van der Waals surface area contributed by atoms with Gasteiger partial charge in [-0.3, -0.25) is 9.48 Å². The molecule has 1 saturated carbocycles. The molecule has 1 aliphatic carbocycles. The summed E-state index contributed by atoms with van der Waals surface area (Å²) in [5.41, 5.74) is 3.31. The maximum atomic E-state index is 13.4. The standard InChI is InChI=1S/C24H24N8O3.CH4/c1-32-11-15-20(31-32)21(30-19(12-5-6-12)23-25-7-4-8-26-23)18(24(33)29-15)22-27-13-9-16(34-2)17(35-3)10-14(13)28-22;/h4,7-12,19,30H,5-6H2,1-3H3,(H,27,28)(H,29,33);1H4/t19-;/m1./s1. The lowest BCUT2D eigenvalue weighted by atomic mass is 10.1. The summed E-state index contributed by atoms with van der Waals surface area (Å²) >= 11 is 0. The summed E-state index contributed by atoms with van der Waals surface area (Å²) < 4.78 is 12.5. The Labute approximate surface area is 206 Å². The number of methoxy groups -OCH3 is 2. The molecule has 0 saturated heterocycles. The van der Waals surface area contributed by atoms with Gasteiger partial charge in [0.05, 0.1) is 42.5 Å². The zero-order chi connectivity index (χ0) is 24.1. The van der Waals surface area contributed by atoms with Gasteiger partial charge in [-0.2, -0.15) is 5.10 Å². The topological polar surface area (TPSA) is 136 Å². The van der Waals surface area contributed by atoms with E-state index < -0.39 is 0 Å². The summed E-state index contributed by atoms with van der Waals surface area (Å²) in [5, 5.41) is 8.22. The minimum Gasteiger partial charge on any atom is -0.493 e. The third-order valence-electron chi connectivity index (χ3n) is 6.27. The Morgan fingerprint density at radius 3 is 2.50 bits per heavy atom. The van der Waals surface area contributed by atoms with Gasteiger partial charge < -0.3 is 24.8 Å². The normalized spacial score (nSPS) is 14.0. The molecule has 11 heteroatoms. The van der Waals surface area contributed by atoms with E-state index in [0.29, 0.717) is 62.4 Å². The maximum absolute atomic E-state index is 13.4. The molecule has 0 amide bonds. The Morgan fingerprint density at radius 1 is 1.08 bits per heavy atom. The lowest BCUT2D eigenvalue weighted by Gasteiger charge is -2.20. The molecule has 36 heavy (non-hydrogen) atoms. The Bertz CT molecular complexity index is 1560. The Balaban J connectivity index is 0.00000267. The molecular weight excluding hydrogens is 460 g/mol. The SMILES string of the molecule is C.COc1cc2nc(-c3c(N[C@@H](c4ncccn4)C4CC4)c4nn(C)cc4[nH]c3=O)[nH]c2cc1OC. The van der Waals surface area contributed by atoms with Crippen LogP contribution in [0.4, 0.5) is 5.69 Å². The van der Waals surface area contributed by atoms with Crippen LogP contribution in [0.25, 0.3) is 33.5 Å². The van der Waals surface area contributed by atoms with Crippen LogP contribution in [0.15, 0.2) is 41.6 Å². The van der Waals surface area contributed by atoms with Crippen molar-refractivity contribution in [3.63, 3.8) is 0 Å². The highest BCUT2D eigenvalue weighted by Gasteiger charge is 2.36. The predicted octanol–water partition coefficient (Wildman–Crippen LogP) is 3.81. The summed E-state index contributed by atoms with van der Waals surface area (Å²) in [5.74, 6) is 2.59. The molecule has 4 heterocycles. The van der Waals surface area contributed by atoms with E-state index in [0.717, 1.165) is 12.8 Å². The number of aryl methyl sites for hydroxylation is 1. The number of H-pyrrole nitrogens is 2. The average Bonchev–Trinajstić information content (AvgIpc) is 3.51. The van der Waals surface area contributed by atoms with Crippen molar-refractivity contribution in [3.05, 3.63) is 53.0 Å². The van der Waals surface area contributed by atoms with Crippen LogP contribution in [0.1, 0.15) is 32.1 Å². The molecule has 4 aromatic heterocycles. The number of hydrogen-bond acceptors (Lipinski definition) is 8. The molecule has 0 spiro atoms. The molecule has 1 fully saturated rings. The van der Waals surface area contributed by atoms with Crippen molar-refractivity contribution in [3.8, 4) is 22.9 Å². The first kappa shape index (κ1) is 23.3.